The lowest BCUT2D eigenvalue weighted by Gasteiger charge is -2.24. The Morgan fingerprint density at radius 3 is 1.33 bits per heavy atom. The fraction of sp³-hybridized carbons (Fsp3) is 0.429. The minimum atomic E-state index is -0.349. The van der Waals surface area contributed by atoms with Crippen LogP contribution in [-0.4, -0.2) is 72.4 Å². The maximum absolute atomic E-state index is 13.5. The number of hydrogen-bond acceptors (Lipinski definition) is 6. The predicted octanol–water partition coefficient (Wildman–Crippen LogP) is 3.80. The van der Waals surface area contributed by atoms with E-state index in [1.54, 1.807) is 36.4 Å². The molecule has 0 bridgehead atoms. The first-order valence-electron chi connectivity index (χ1n) is 12.7. The highest BCUT2D eigenvalue weighted by Crippen LogP contribution is 2.36. The molecule has 0 heterocycles. The number of ketones is 2. The smallest absolute Gasteiger partial charge is 0.225 e. The van der Waals surface area contributed by atoms with Gasteiger partial charge in [0.1, 0.15) is 0 Å². The molecule has 1 aliphatic carbocycles. The molecule has 3 rings (SSSR count). The van der Waals surface area contributed by atoms with Crippen LogP contribution in [0.2, 0.25) is 0 Å². The topological polar surface area (TPSA) is 98.8 Å². The van der Waals surface area contributed by atoms with Gasteiger partial charge in [0.25, 0.3) is 0 Å². The normalized spacial score (nSPS) is 12.5. The van der Waals surface area contributed by atoms with Crippen LogP contribution in [0.1, 0.15) is 72.4 Å². The van der Waals surface area contributed by atoms with E-state index >= 15 is 0 Å². The summed E-state index contributed by atoms with van der Waals surface area (Å²) in [6.45, 7) is 12.7. The summed E-state index contributed by atoms with van der Waals surface area (Å²) in [7, 11) is 0. The first-order valence-corrected chi connectivity index (χ1v) is 12.7. The molecule has 2 N–H and O–H groups in total. The molecule has 0 aromatic heterocycles. The van der Waals surface area contributed by atoms with Gasteiger partial charge in [0, 0.05) is 37.1 Å². The molecule has 1 aliphatic rings. The molecular weight excluding hydrogens is 456 g/mol. The Hall–Kier alpha value is -3.36. The highest BCUT2D eigenvalue weighted by Gasteiger charge is 2.34. The number of nitrogens with zero attached hydrogens (tertiary/aromatic N) is 2. The molecule has 0 fully saturated rings. The third-order valence-corrected chi connectivity index (χ3v) is 6.72. The van der Waals surface area contributed by atoms with Crippen LogP contribution in [-0.2, 0) is 9.59 Å². The van der Waals surface area contributed by atoms with Crippen molar-refractivity contribution < 1.29 is 19.2 Å². The Labute approximate surface area is 213 Å². The molecule has 0 spiro atoms. The number of hydrogen-bond donors (Lipinski definition) is 2. The predicted molar refractivity (Wildman–Crippen MR) is 142 cm³/mol. The van der Waals surface area contributed by atoms with E-state index < -0.39 is 0 Å². The van der Waals surface area contributed by atoms with E-state index in [1.807, 2.05) is 27.7 Å². The van der Waals surface area contributed by atoms with Crippen LogP contribution in [0.25, 0.3) is 0 Å². The monoisotopic (exact) mass is 492 g/mol. The molecule has 2 aromatic carbocycles. The molecule has 0 radical (unpaired) electrons. The van der Waals surface area contributed by atoms with Gasteiger partial charge in [-0.3, -0.25) is 19.2 Å². The number of nitrogens with one attached hydrogen (secondary N) is 2. The maximum atomic E-state index is 13.5. The van der Waals surface area contributed by atoms with Gasteiger partial charge in [-0.05, 0) is 38.3 Å². The van der Waals surface area contributed by atoms with Gasteiger partial charge >= 0.3 is 0 Å². The number of fused-ring (bicyclic) bond motifs is 2. The van der Waals surface area contributed by atoms with E-state index in [1.165, 1.54) is 0 Å². The molecule has 0 unspecified atom stereocenters. The Morgan fingerprint density at radius 1 is 0.639 bits per heavy atom. The van der Waals surface area contributed by atoms with E-state index in [0.717, 1.165) is 26.2 Å². The van der Waals surface area contributed by atoms with Crippen molar-refractivity contribution in [2.45, 2.75) is 40.5 Å². The molecule has 8 heteroatoms. The lowest BCUT2D eigenvalue weighted by atomic mass is 9.82. The summed E-state index contributed by atoms with van der Waals surface area (Å²) in [5.41, 5.74) is 1.39. The Kier molecular flexibility index (Phi) is 9.50. The summed E-state index contributed by atoms with van der Waals surface area (Å²) in [6, 6.07) is 9.81. The van der Waals surface area contributed by atoms with Crippen LogP contribution in [0.5, 0.6) is 0 Å². The Balaban J connectivity index is 1.93. The van der Waals surface area contributed by atoms with Crippen LogP contribution < -0.4 is 10.6 Å². The van der Waals surface area contributed by atoms with Crippen LogP contribution in [0.3, 0.4) is 0 Å². The van der Waals surface area contributed by atoms with E-state index in [-0.39, 0.29) is 58.7 Å². The molecule has 2 amide bonds. The van der Waals surface area contributed by atoms with Gasteiger partial charge in [0.15, 0.2) is 11.6 Å². The fourth-order valence-electron chi connectivity index (χ4n) is 4.46. The van der Waals surface area contributed by atoms with Crippen molar-refractivity contribution in [3.63, 3.8) is 0 Å². The van der Waals surface area contributed by atoms with Gasteiger partial charge in [-0.15, -0.1) is 0 Å². The molecule has 0 atom stereocenters. The van der Waals surface area contributed by atoms with Crippen molar-refractivity contribution in [1.82, 2.24) is 9.80 Å². The third-order valence-electron chi connectivity index (χ3n) is 6.72. The van der Waals surface area contributed by atoms with Crippen LogP contribution in [0, 0.1) is 0 Å². The lowest BCUT2D eigenvalue weighted by molar-refractivity contribution is -0.117. The van der Waals surface area contributed by atoms with E-state index in [0.29, 0.717) is 24.2 Å². The van der Waals surface area contributed by atoms with E-state index in [2.05, 4.69) is 20.4 Å². The van der Waals surface area contributed by atoms with Gasteiger partial charge in [-0.25, -0.2) is 0 Å². The summed E-state index contributed by atoms with van der Waals surface area (Å²) in [4.78, 5) is 56.8. The van der Waals surface area contributed by atoms with Gasteiger partial charge in [0.05, 0.1) is 22.5 Å². The summed E-state index contributed by atoms with van der Waals surface area (Å²) < 4.78 is 0. The Morgan fingerprint density at radius 2 is 1.00 bits per heavy atom. The van der Waals surface area contributed by atoms with E-state index in [4.69, 9.17) is 0 Å². The summed E-state index contributed by atoms with van der Waals surface area (Å²) in [5, 5.41) is 5.67. The average Bonchev–Trinajstić information content (AvgIpc) is 2.89. The number of anilines is 2. The number of carbonyl (C=O) groups excluding carboxylic acids is 4. The highest BCUT2D eigenvalue weighted by molar-refractivity contribution is 6.32. The molecular formula is C28H36N4O4. The number of amides is 2. The molecule has 0 saturated heterocycles. The first kappa shape index (κ1) is 27.2. The Bertz CT molecular complexity index is 1050. The van der Waals surface area contributed by atoms with Gasteiger partial charge < -0.3 is 20.4 Å². The van der Waals surface area contributed by atoms with Gasteiger partial charge in [0.2, 0.25) is 11.8 Å². The van der Waals surface area contributed by atoms with Crippen molar-refractivity contribution in [2.24, 2.45) is 0 Å². The maximum Gasteiger partial charge on any atom is 0.225 e. The van der Waals surface area contributed by atoms with Crippen molar-refractivity contribution in [1.29, 1.82) is 0 Å². The van der Waals surface area contributed by atoms with Crippen LogP contribution >= 0.6 is 0 Å². The van der Waals surface area contributed by atoms with Crippen molar-refractivity contribution in [3.8, 4) is 0 Å². The minimum absolute atomic E-state index is 0.122. The van der Waals surface area contributed by atoms with Crippen LogP contribution in [0.4, 0.5) is 11.4 Å². The molecule has 2 aromatic rings. The zero-order valence-electron chi connectivity index (χ0n) is 21.6. The van der Waals surface area contributed by atoms with E-state index in [9.17, 15) is 19.2 Å². The van der Waals surface area contributed by atoms with Gasteiger partial charge in [-0.1, -0.05) is 52.0 Å². The third kappa shape index (κ3) is 6.06. The minimum Gasteiger partial charge on any atom is -0.325 e. The summed E-state index contributed by atoms with van der Waals surface area (Å²) in [6.07, 6.45) is 0.526. The van der Waals surface area contributed by atoms with Gasteiger partial charge in [-0.2, -0.15) is 0 Å². The first-order chi connectivity index (χ1) is 17.3. The zero-order valence-corrected chi connectivity index (χ0v) is 21.6. The number of rotatable bonds is 12. The summed E-state index contributed by atoms with van der Waals surface area (Å²) in [5.74, 6) is -1.17. The van der Waals surface area contributed by atoms with Crippen molar-refractivity contribution in [2.75, 3.05) is 49.9 Å². The highest BCUT2D eigenvalue weighted by atomic mass is 16.2. The lowest BCUT2D eigenvalue weighted by Crippen LogP contribution is -2.30. The zero-order chi connectivity index (χ0) is 26.2. The van der Waals surface area contributed by atoms with Crippen molar-refractivity contribution >= 4 is 34.8 Å². The molecule has 36 heavy (non-hydrogen) atoms. The second-order valence-electron chi connectivity index (χ2n) is 8.76. The largest absolute Gasteiger partial charge is 0.325 e. The molecule has 8 nitrogen and oxygen atoms in total. The van der Waals surface area contributed by atoms with Crippen molar-refractivity contribution in [3.05, 3.63) is 58.7 Å². The fourth-order valence-corrected chi connectivity index (χ4v) is 4.46. The SMILES string of the molecule is CCN(CC)CCC(=O)Nc1ccc(NC(=O)CCN(CC)CC)c2c1C(=O)c1ccccc1C2=O. The number of benzene rings is 2. The quantitative estimate of drug-likeness (QED) is 0.399. The average molecular weight is 493 g/mol. The molecule has 0 aliphatic heterocycles. The van der Waals surface area contributed by atoms with Crippen LogP contribution in [0.15, 0.2) is 36.4 Å². The standard InChI is InChI=1S/C28H36N4O4/c1-5-31(6-2)17-15-23(33)29-21-13-14-22(30-24(34)16-18-32(7-3)8-4)26-25(21)27(35)19-11-9-10-12-20(19)28(26)36/h9-14H,5-8,15-18H2,1-4H3,(H,29,33)(H,30,34). The number of carbonyl (C=O) groups is 4. The second-order valence-corrected chi connectivity index (χ2v) is 8.76. The summed E-state index contributed by atoms with van der Waals surface area (Å²) >= 11 is 0. The molecule has 192 valence electrons. The second kappa shape index (κ2) is 12.6. The molecule has 0 saturated carbocycles.